The summed E-state index contributed by atoms with van der Waals surface area (Å²) in [5.74, 6) is 2.82. The Morgan fingerprint density at radius 3 is 2.29 bits per heavy atom. The van der Waals surface area contributed by atoms with E-state index in [1.54, 1.807) is 0 Å². The van der Waals surface area contributed by atoms with Crippen molar-refractivity contribution in [1.29, 1.82) is 0 Å². The van der Waals surface area contributed by atoms with Crippen molar-refractivity contribution in [2.75, 3.05) is 10.6 Å². The van der Waals surface area contributed by atoms with Crippen LogP contribution < -0.4 is 15.8 Å². The van der Waals surface area contributed by atoms with Gasteiger partial charge in [-0.15, -0.1) is 0 Å². The summed E-state index contributed by atoms with van der Waals surface area (Å²) in [6, 6.07) is 5.31. The van der Waals surface area contributed by atoms with Crippen LogP contribution in [0.3, 0.4) is 0 Å². The number of nitrogens with zero attached hydrogens (tertiary/aromatic N) is 2. The lowest BCUT2D eigenvalue weighted by atomic mass is 10.0. The molecule has 0 fully saturated rings. The quantitative estimate of drug-likeness (QED) is 0.538. The summed E-state index contributed by atoms with van der Waals surface area (Å²) in [4.78, 5) is 7.93. The Kier molecular flexibility index (Phi) is 5.93. The van der Waals surface area contributed by atoms with Crippen molar-refractivity contribution >= 4 is 33.0 Å². The summed E-state index contributed by atoms with van der Waals surface area (Å²) in [6.45, 7) is 4.48. The molecule has 1 aromatic heterocycles. The highest BCUT2D eigenvalue weighted by atomic mass is 32.2. The molecule has 7 nitrogen and oxygen atoms in total. The Labute approximate surface area is 161 Å². The molecule has 0 radical (unpaired) electrons. The zero-order chi connectivity index (χ0) is 21.3. The molecule has 2 unspecified atom stereocenters. The number of anilines is 3. The number of aromatic nitrogens is 2. The molecule has 2 rings (SSSR count). The van der Waals surface area contributed by atoms with E-state index in [-0.39, 0.29) is 5.95 Å². The zero-order valence-corrected chi connectivity index (χ0v) is 16.4. The highest BCUT2D eigenvalue weighted by Crippen LogP contribution is 2.35. The van der Waals surface area contributed by atoms with E-state index in [9.17, 15) is 22.5 Å². The Balaban J connectivity index is 2.34. The number of aliphatic hydroxyl groups is 1. The topological polar surface area (TPSA) is 113 Å². The lowest BCUT2D eigenvalue weighted by Gasteiger charge is -2.28. The average molecular weight is 417 g/mol. The summed E-state index contributed by atoms with van der Waals surface area (Å²) < 4.78 is 51.5. The largest absolute Gasteiger partial charge is 0.421 e. The van der Waals surface area contributed by atoms with E-state index in [1.165, 1.54) is 45.0 Å². The van der Waals surface area contributed by atoms with Crippen molar-refractivity contribution in [3.05, 3.63) is 36.0 Å². The van der Waals surface area contributed by atoms with E-state index in [4.69, 9.17) is 5.14 Å². The molecule has 0 aliphatic heterocycles. The van der Waals surface area contributed by atoms with Crippen LogP contribution in [0.5, 0.6) is 0 Å². The van der Waals surface area contributed by atoms with Crippen LogP contribution in [-0.2, 0) is 15.9 Å². The van der Waals surface area contributed by atoms with Crippen molar-refractivity contribution in [3.63, 3.8) is 0 Å². The molecule has 0 spiro atoms. The van der Waals surface area contributed by atoms with Crippen molar-refractivity contribution in [1.82, 2.24) is 9.97 Å². The van der Waals surface area contributed by atoms with E-state index < -0.39 is 38.9 Å². The molecule has 1 heterocycles. The molecule has 5 N–H and O–H groups in total. The van der Waals surface area contributed by atoms with Gasteiger partial charge in [0.1, 0.15) is 11.4 Å². The molecule has 0 saturated heterocycles. The summed E-state index contributed by atoms with van der Waals surface area (Å²) in [7, 11) is -2.87. The SMILES string of the molecule is C=S(N)(=O)c1ccc(Nc2ncc(C(F)(F)F)c(NC(C)C(C)(C)O)n2)cc1. The number of rotatable bonds is 6. The standard InChI is InChI=1S/C17H22F3N5O2S/c1-10(16(2,3)26)23-14-13(17(18,19)20)9-22-15(25-14)24-11-5-7-12(8-6-11)28(4,21)27/h5-10,26H,4H2,1-3H3,(H2,21,27)(H2,22,23,24,25). The van der Waals surface area contributed by atoms with Crippen LogP contribution in [0, 0.1) is 0 Å². The van der Waals surface area contributed by atoms with Gasteiger partial charge in [-0.2, -0.15) is 18.2 Å². The summed E-state index contributed by atoms with van der Waals surface area (Å²) >= 11 is 0. The zero-order valence-electron chi connectivity index (χ0n) is 15.5. The number of hydrogen-bond donors (Lipinski definition) is 4. The van der Waals surface area contributed by atoms with Gasteiger partial charge < -0.3 is 15.7 Å². The van der Waals surface area contributed by atoms with Crippen molar-refractivity contribution in [3.8, 4) is 0 Å². The molecule has 0 bridgehead atoms. The minimum Gasteiger partial charge on any atom is -0.388 e. The summed E-state index contributed by atoms with van der Waals surface area (Å²) in [5.41, 5.74) is -1.88. The van der Waals surface area contributed by atoms with E-state index in [2.05, 4.69) is 26.5 Å². The number of alkyl halides is 3. The van der Waals surface area contributed by atoms with Gasteiger partial charge in [-0.05, 0) is 50.9 Å². The molecule has 2 aromatic rings. The van der Waals surface area contributed by atoms with E-state index >= 15 is 0 Å². The van der Waals surface area contributed by atoms with Gasteiger partial charge in [-0.25, -0.2) is 9.19 Å². The Hall–Kier alpha value is -2.37. The number of benzene rings is 1. The van der Waals surface area contributed by atoms with Crippen LogP contribution in [0.2, 0.25) is 0 Å². The van der Waals surface area contributed by atoms with Gasteiger partial charge in [0, 0.05) is 16.8 Å². The second-order valence-electron chi connectivity index (χ2n) is 6.85. The first-order valence-electron chi connectivity index (χ1n) is 8.13. The minimum atomic E-state index is -4.67. The molecule has 2 atom stereocenters. The molecule has 154 valence electrons. The lowest BCUT2D eigenvalue weighted by Crippen LogP contribution is -2.40. The van der Waals surface area contributed by atoms with Crippen LogP contribution in [-0.4, -0.2) is 36.8 Å². The smallest absolute Gasteiger partial charge is 0.388 e. The number of hydrogen-bond acceptors (Lipinski definition) is 6. The molecule has 0 aliphatic rings. The maximum atomic E-state index is 13.3. The third-order valence-electron chi connectivity index (χ3n) is 4.02. The van der Waals surface area contributed by atoms with Gasteiger partial charge in [0.05, 0.1) is 21.4 Å². The van der Waals surface area contributed by atoms with Crippen molar-refractivity contribution < 1.29 is 22.5 Å². The first-order chi connectivity index (χ1) is 12.7. The van der Waals surface area contributed by atoms with Crippen LogP contribution in [0.4, 0.5) is 30.6 Å². The Morgan fingerprint density at radius 2 is 1.82 bits per heavy atom. The maximum Gasteiger partial charge on any atom is 0.421 e. The third kappa shape index (κ3) is 5.57. The molecule has 11 heteroatoms. The summed E-state index contributed by atoms with van der Waals surface area (Å²) in [5, 5.41) is 20.8. The molecule has 0 aliphatic carbocycles. The second-order valence-corrected chi connectivity index (χ2v) is 8.77. The third-order valence-corrected chi connectivity index (χ3v) is 5.09. The average Bonchev–Trinajstić information content (AvgIpc) is 2.52. The van der Waals surface area contributed by atoms with Gasteiger partial charge in [0.2, 0.25) is 5.95 Å². The van der Waals surface area contributed by atoms with E-state index in [0.29, 0.717) is 16.8 Å². The first kappa shape index (κ1) is 21.9. The van der Waals surface area contributed by atoms with Gasteiger partial charge >= 0.3 is 6.18 Å². The summed E-state index contributed by atoms with van der Waals surface area (Å²) in [6.07, 6.45) is -4.01. The molecular formula is C17H22F3N5O2S. The van der Waals surface area contributed by atoms with Crippen molar-refractivity contribution in [2.45, 2.75) is 43.5 Å². The fourth-order valence-corrected chi connectivity index (χ4v) is 2.64. The highest BCUT2D eigenvalue weighted by Gasteiger charge is 2.36. The minimum absolute atomic E-state index is 0.0886. The van der Waals surface area contributed by atoms with E-state index in [1.807, 2.05) is 0 Å². The van der Waals surface area contributed by atoms with Crippen LogP contribution in [0.1, 0.15) is 26.3 Å². The number of nitrogens with one attached hydrogen (secondary N) is 2. The highest BCUT2D eigenvalue weighted by molar-refractivity contribution is 7.98. The number of nitrogens with two attached hydrogens (primary N) is 1. The van der Waals surface area contributed by atoms with Gasteiger partial charge in [0.15, 0.2) is 0 Å². The predicted octanol–water partition coefficient (Wildman–Crippen LogP) is 2.76. The Bertz CT molecular complexity index is 939. The fraction of sp³-hybridized carbons (Fsp3) is 0.353. The molecule has 0 amide bonds. The lowest BCUT2D eigenvalue weighted by molar-refractivity contribution is -0.137. The molecule has 28 heavy (non-hydrogen) atoms. The predicted molar refractivity (Wildman–Crippen MR) is 104 cm³/mol. The number of halogens is 3. The normalized spacial score (nSPS) is 15.6. The van der Waals surface area contributed by atoms with Gasteiger partial charge in [-0.3, -0.25) is 5.14 Å². The van der Waals surface area contributed by atoms with Crippen LogP contribution in [0.15, 0.2) is 35.4 Å². The molecule has 1 aromatic carbocycles. The van der Waals surface area contributed by atoms with Gasteiger partial charge in [0.25, 0.3) is 0 Å². The Morgan fingerprint density at radius 1 is 1.25 bits per heavy atom. The van der Waals surface area contributed by atoms with Crippen molar-refractivity contribution in [2.24, 2.45) is 5.14 Å². The maximum absolute atomic E-state index is 13.3. The van der Waals surface area contributed by atoms with E-state index in [0.717, 1.165) is 0 Å². The molecular weight excluding hydrogens is 395 g/mol. The van der Waals surface area contributed by atoms with Crippen LogP contribution >= 0.6 is 0 Å². The van der Waals surface area contributed by atoms with Gasteiger partial charge in [-0.1, -0.05) is 0 Å². The fourth-order valence-electron chi connectivity index (χ4n) is 2.04. The monoisotopic (exact) mass is 417 g/mol. The first-order valence-corrected chi connectivity index (χ1v) is 9.92. The van der Waals surface area contributed by atoms with Crippen LogP contribution in [0.25, 0.3) is 0 Å². The second kappa shape index (κ2) is 7.57. The molecule has 0 saturated carbocycles.